The number of nitrogens with two attached hydrogens (primary N) is 1. The van der Waals surface area contributed by atoms with Crippen LogP contribution < -0.4 is 11.1 Å². The standard InChI is InChI=1S/C11H12BrN5O/c12-5-4-14-7-6(5)8-11(16-10(13)15-8)2-1-3-17(11)9(7)18/h4,8,14H,1-3H2,(H3,13,15,16)/t8-,11+/m1/s1. The molecule has 0 saturated carbocycles. The summed E-state index contributed by atoms with van der Waals surface area (Å²) in [5.41, 5.74) is 6.95. The molecule has 0 unspecified atom stereocenters. The Morgan fingerprint density at radius 1 is 1.61 bits per heavy atom. The summed E-state index contributed by atoms with van der Waals surface area (Å²) in [6.45, 7) is 0.751. The van der Waals surface area contributed by atoms with Crippen molar-refractivity contribution in [1.82, 2.24) is 15.2 Å². The van der Waals surface area contributed by atoms with Crippen LogP contribution in [-0.4, -0.2) is 34.0 Å². The molecule has 94 valence electrons. The average molecular weight is 310 g/mol. The molecular formula is C11H12BrN5O. The van der Waals surface area contributed by atoms with Crippen LogP contribution in [0.4, 0.5) is 0 Å². The lowest BCUT2D eigenvalue weighted by Crippen LogP contribution is -2.61. The second kappa shape index (κ2) is 3.09. The predicted octanol–water partition coefficient (Wildman–Crippen LogP) is 0.682. The van der Waals surface area contributed by atoms with E-state index in [0.717, 1.165) is 29.4 Å². The van der Waals surface area contributed by atoms with Gasteiger partial charge < -0.3 is 20.9 Å². The number of carbonyl (C=O) groups is 1. The molecule has 18 heavy (non-hydrogen) atoms. The maximum atomic E-state index is 12.5. The molecular weight excluding hydrogens is 298 g/mol. The van der Waals surface area contributed by atoms with Crippen molar-refractivity contribution in [2.45, 2.75) is 24.5 Å². The topological polar surface area (TPSA) is 86.5 Å². The molecule has 4 N–H and O–H groups in total. The molecule has 2 atom stereocenters. The van der Waals surface area contributed by atoms with Crippen LogP contribution in [0.15, 0.2) is 15.7 Å². The van der Waals surface area contributed by atoms with Gasteiger partial charge in [0.1, 0.15) is 17.4 Å². The Morgan fingerprint density at radius 3 is 3.28 bits per heavy atom. The number of nitrogens with one attached hydrogen (secondary N) is 2. The van der Waals surface area contributed by atoms with E-state index < -0.39 is 5.66 Å². The minimum Gasteiger partial charge on any atom is -0.370 e. The van der Waals surface area contributed by atoms with Gasteiger partial charge in [0.2, 0.25) is 0 Å². The van der Waals surface area contributed by atoms with E-state index in [1.54, 1.807) is 6.20 Å². The van der Waals surface area contributed by atoms with Crippen LogP contribution in [0.1, 0.15) is 34.9 Å². The fourth-order valence-electron chi connectivity index (χ4n) is 3.40. The van der Waals surface area contributed by atoms with E-state index in [0.29, 0.717) is 11.7 Å². The minimum atomic E-state index is -0.446. The molecule has 3 aliphatic rings. The quantitative estimate of drug-likeness (QED) is 0.659. The van der Waals surface area contributed by atoms with E-state index in [9.17, 15) is 4.79 Å². The Hall–Kier alpha value is -1.50. The lowest BCUT2D eigenvalue weighted by molar-refractivity contribution is 0.0464. The molecule has 1 spiro atoms. The lowest BCUT2D eigenvalue weighted by Gasteiger charge is -2.42. The molecule has 1 aromatic rings. The van der Waals surface area contributed by atoms with Crippen molar-refractivity contribution in [3.8, 4) is 0 Å². The number of rotatable bonds is 0. The molecule has 1 fully saturated rings. The third kappa shape index (κ3) is 0.996. The monoisotopic (exact) mass is 309 g/mol. The van der Waals surface area contributed by atoms with Crippen LogP contribution >= 0.6 is 15.9 Å². The number of aromatic nitrogens is 1. The van der Waals surface area contributed by atoms with Gasteiger partial charge in [0.25, 0.3) is 5.91 Å². The number of amides is 1. The van der Waals surface area contributed by atoms with Gasteiger partial charge in [-0.1, -0.05) is 0 Å². The van der Waals surface area contributed by atoms with Crippen molar-refractivity contribution in [3.05, 3.63) is 21.9 Å². The number of guanidine groups is 1. The van der Waals surface area contributed by atoms with E-state index in [1.165, 1.54) is 0 Å². The SMILES string of the molecule is NC1=N[C@@H]2c3c(Br)c[nH]c3C(=O)N3CCC[C@@]23N1. The number of nitrogens with zero attached hydrogens (tertiary/aromatic N) is 2. The van der Waals surface area contributed by atoms with Gasteiger partial charge >= 0.3 is 0 Å². The number of hydrogen-bond acceptors (Lipinski definition) is 4. The van der Waals surface area contributed by atoms with Crippen molar-refractivity contribution in [3.63, 3.8) is 0 Å². The molecule has 0 aliphatic carbocycles. The third-order valence-corrected chi connectivity index (χ3v) is 4.74. The molecule has 4 rings (SSSR count). The number of aromatic amines is 1. The van der Waals surface area contributed by atoms with Gasteiger partial charge in [0, 0.05) is 22.8 Å². The van der Waals surface area contributed by atoms with Crippen molar-refractivity contribution >= 4 is 27.8 Å². The van der Waals surface area contributed by atoms with Crippen LogP contribution in [0.3, 0.4) is 0 Å². The summed E-state index contributed by atoms with van der Waals surface area (Å²) < 4.78 is 0.891. The maximum absolute atomic E-state index is 12.5. The molecule has 3 aliphatic heterocycles. The largest absolute Gasteiger partial charge is 0.370 e. The zero-order valence-corrected chi connectivity index (χ0v) is 11.1. The van der Waals surface area contributed by atoms with E-state index in [-0.39, 0.29) is 11.9 Å². The molecule has 0 aromatic carbocycles. The Kier molecular flexibility index (Phi) is 1.79. The van der Waals surface area contributed by atoms with E-state index in [4.69, 9.17) is 5.73 Å². The van der Waals surface area contributed by atoms with Crippen LogP contribution in [0.25, 0.3) is 0 Å². The van der Waals surface area contributed by atoms with Crippen LogP contribution in [-0.2, 0) is 0 Å². The van der Waals surface area contributed by atoms with Gasteiger partial charge in [0.05, 0.1) is 0 Å². The maximum Gasteiger partial charge on any atom is 0.272 e. The summed E-state index contributed by atoms with van der Waals surface area (Å²) >= 11 is 3.49. The van der Waals surface area contributed by atoms with Crippen molar-refractivity contribution in [2.75, 3.05) is 6.54 Å². The van der Waals surface area contributed by atoms with Crippen LogP contribution in [0, 0.1) is 0 Å². The first-order chi connectivity index (χ1) is 8.63. The van der Waals surface area contributed by atoms with Crippen LogP contribution in [0.2, 0.25) is 0 Å². The smallest absolute Gasteiger partial charge is 0.272 e. The number of H-pyrrole nitrogens is 1. The summed E-state index contributed by atoms with van der Waals surface area (Å²) in [5, 5.41) is 3.22. The zero-order valence-electron chi connectivity index (χ0n) is 9.53. The Balaban J connectivity index is 1.99. The minimum absolute atomic E-state index is 0.0295. The number of aliphatic imine (C=N–C) groups is 1. The van der Waals surface area contributed by atoms with Crippen molar-refractivity contribution < 1.29 is 4.79 Å². The van der Waals surface area contributed by atoms with E-state index >= 15 is 0 Å². The molecule has 1 amide bonds. The first-order valence-electron chi connectivity index (χ1n) is 5.94. The summed E-state index contributed by atoms with van der Waals surface area (Å²) in [5.74, 6) is 0.447. The average Bonchev–Trinajstić information content (AvgIpc) is 2.97. The fourth-order valence-corrected chi connectivity index (χ4v) is 3.93. The Labute approximate surface area is 112 Å². The third-order valence-electron chi connectivity index (χ3n) is 4.09. The number of halogens is 1. The summed E-state index contributed by atoms with van der Waals surface area (Å²) in [6, 6.07) is -0.117. The first-order valence-corrected chi connectivity index (χ1v) is 6.73. The van der Waals surface area contributed by atoms with Gasteiger partial charge in [-0.15, -0.1) is 0 Å². The number of fused-ring (bicyclic) bond motifs is 2. The highest BCUT2D eigenvalue weighted by molar-refractivity contribution is 9.10. The molecule has 6 nitrogen and oxygen atoms in total. The highest BCUT2D eigenvalue weighted by atomic mass is 79.9. The molecule has 0 bridgehead atoms. The van der Waals surface area contributed by atoms with Gasteiger partial charge in [-0.2, -0.15) is 0 Å². The normalized spacial score (nSPS) is 32.7. The van der Waals surface area contributed by atoms with Gasteiger partial charge in [-0.3, -0.25) is 4.79 Å². The fraction of sp³-hybridized carbons (Fsp3) is 0.455. The molecule has 0 radical (unpaired) electrons. The second-order valence-corrected chi connectivity index (χ2v) is 5.81. The molecule has 7 heteroatoms. The summed E-state index contributed by atoms with van der Waals surface area (Å²) in [7, 11) is 0. The number of carbonyl (C=O) groups excluding carboxylic acids is 1. The van der Waals surface area contributed by atoms with Gasteiger partial charge in [-0.25, -0.2) is 4.99 Å². The molecule has 1 aromatic heterocycles. The Bertz CT molecular complexity index is 594. The first kappa shape index (κ1) is 10.4. The lowest BCUT2D eigenvalue weighted by atomic mass is 9.88. The second-order valence-electron chi connectivity index (χ2n) is 4.95. The summed E-state index contributed by atoms with van der Waals surface area (Å²) in [4.78, 5) is 21.9. The van der Waals surface area contributed by atoms with Gasteiger partial charge in [-0.05, 0) is 28.8 Å². The highest BCUT2D eigenvalue weighted by Crippen LogP contribution is 2.49. The summed E-state index contributed by atoms with van der Waals surface area (Å²) in [6.07, 6.45) is 3.65. The van der Waals surface area contributed by atoms with Crippen LogP contribution in [0.5, 0.6) is 0 Å². The number of hydrogen-bond donors (Lipinski definition) is 3. The molecule has 1 saturated heterocycles. The molecule has 4 heterocycles. The van der Waals surface area contributed by atoms with Crippen molar-refractivity contribution in [1.29, 1.82) is 0 Å². The predicted molar refractivity (Wildman–Crippen MR) is 69.0 cm³/mol. The van der Waals surface area contributed by atoms with E-state index in [1.807, 2.05) is 4.90 Å². The Morgan fingerprint density at radius 2 is 2.44 bits per heavy atom. The van der Waals surface area contributed by atoms with Gasteiger partial charge in [0.15, 0.2) is 5.96 Å². The van der Waals surface area contributed by atoms with E-state index in [2.05, 4.69) is 31.2 Å². The highest BCUT2D eigenvalue weighted by Gasteiger charge is 2.58. The van der Waals surface area contributed by atoms with Crippen molar-refractivity contribution in [2.24, 2.45) is 10.7 Å². The zero-order chi connectivity index (χ0) is 12.5.